The van der Waals surface area contributed by atoms with Crippen molar-refractivity contribution in [3.8, 4) is 0 Å². The second kappa shape index (κ2) is 8.15. The minimum atomic E-state index is 0.858. The van der Waals surface area contributed by atoms with E-state index in [2.05, 4.69) is 69.4 Å². The number of nitrogens with zero attached hydrogens (tertiary/aromatic N) is 2. The van der Waals surface area contributed by atoms with Crippen molar-refractivity contribution < 1.29 is 0 Å². The van der Waals surface area contributed by atoms with Crippen LogP contribution in [0.25, 0.3) is 0 Å². The van der Waals surface area contributed by atoms with Gasteiger partial charge in [-0.2, -0.15) is 0 Å². The molecular formula is C17H22BrN3. The van der Waals surface area contributed by atoms with Crippen molar-refractivity contribution in [2.24, 2.45) is 0 Å². The summed E-state index contributed by atoms with van der Waals surface area (Å²) in [6, 6.07) is 10.4. The number of pyridine rings is 1. The van der Waals surface area contributed by atoms with E-state index in [0.29, 0.717) is 0 Å². The first kappa shape index (κ1) is 16.0. The van der Waals surface area contributed by atoms with Gasteiger partial charge in [-0.1, -0.05) is 41.1 Å². The van der Waals surface area contributed by atoms with Crippen molar-refractivity contribution in [2.45, 2.75) is 26.4 Å². The first-order chi connectivity index (χ1) is 10.2. The van der Waals surface area contributed by atoms with Crippen LogP contribution in [0.1, 0.15) is 24.5 Å². The lowest BCUT2D eigenvalue weighted by Crippen LogP contribution is -2.21. The van der Waals surface area contributed by atoms with Crippen molar-refractivity contribution in [3.05, 3.63) is 58.3 Å². The summed E-state index contributed by atoms with van der Waals surface area (Å²) in [4.78, 5) is 6.52. The third-order valence-electron chi connectivity index (χ3n) is 3.40. The highest BCUT2D eigenvalue weighted by molar-refractivity contribution is 9.10. The summed E-state index contributed by atoms with van der Waals surface area (Å²) in [7, 11) is 2.12. The summed E-state index contributed by atoms with van der Waals surface area (Å²) in [5, 5.41) is 3.45. The Labute approximate surface area is 135 Å². The molecule has 112 valence electrons. The summed E-state index contributed by atoms with van der Waals surface area (Å²) in [5.41, 5.74) is 3.74. The van der Waals surface area contributed by atoms with Gasteiger partial charge in [0.15, 0.2) is 0 Å². The van der Waals surface area contributed by atoms with Gasteiger partial charge in [0.25, 0.3) is 0 Å². The lowest BCUT2D eigenvalue weighted by Gasteiger charge is -2.23. The molecular weight excluding hydrogens is 326 g/mol. The minimum Gasteiger partial charge on any atom is -0.370 e. The van der Waals surface area contributed by atoms with E-state index in [1.807, 2.05) is 18.5 Å². The number of aromatic nitrogens is 1. The van der Waals surface area contributed by atoms with Crippen LogP contribution in [0.4, 0.5) is 5.69 Å². The van der Waals surface area contributed by atoms with Gasteiger partial charge in [0, 0.05) is 48.3 Å². The Kier molecular flexibility index (Phi) is 6.21. The van der Waals surface area contributed by atoms with E-state index in [9.17, 15) is 0 Å². The van der Waals surface area contributed by atoms with E-state index in [-0.39, 0.29) is 0 Å². The molecule has 21 heavy (non-hydrogen) atoms. The molecule has 0 radical (unpaired) electrons. The third-order valence-corrected chi connectivity index (χ3v) is 4.17. The number of hydrogen-bond donors (Lipinski definition) is 1. The summed E-state index contributed by atoms with van der Waals surface area (Å²) in [6.07, 6.45) is 4.95. The lowest BCUT2D eigenvalue weighted by atomic mass is 10.1. The number of rotatable bonds is 7. The highest BCUT2D eigenvalue weighted by Gasteiger charge is 2.09. The second-order valence-electron chi connectivity index (χ2n) is 5.13. The number of nitrogens with one attached hydrogen (secondary N) is 1. The SMILES string of the molecule is CCCNCc1cnccc1N(C)Cc1ccccc1Br. The molecule has 0 saturated carbocycles. The van der Waals surface area contributed by atoms with Crippen LogP contribution in [0.3, 0.4) is 0 Å². The number of anilines is 1. The first-order valence-corrected chi connectivity index (χ1v) is 8.09. The normalized spacial score (nSPS) is 10.6. The summed E-state index contributed by atoms with van der Waals surface area (Å²) >= 11 is 3.62. The van der Waals surface area contributed by atoms with Crippen LogP contribution in [0.2, 0.25) is 0 Å². The zero-order chi connectivity index (χ0) is 15.1. The monoisotopic (exact) mass is 347 g/mol. The maximum atomic E-state index is 4.26. The standard InChI is InChI=1S/C17H22BrN3/c1-3-9-19-11-15-12-20-10-8-17(15)21(2)13-14-6-4-5-7-16(14)18/h4-8,10,12,19H,3,9,11,13H2,1-2H3. The summed E-state index contributed by atoms with van der Waals surface area (Å²) < 4.78 is 1.15. The highest BCUT2D eigenvalue weighted by atomic mass is 79.9. The Balaban J connectivity index is 2.11. The fraction of sp³-hybridized carbons (Fsp3) is 0.353. The smallest absolute Gasteiger partial charge is 0.0443 e. The molecule has 2 rings (SSSR count). The molecule has 0 aliphatic carbocycles. The van der Waals surface area contributed by atoms with Crippen LogP contribution in [0, 0.1) is 0 Å². The number of benzene rings is 1. The van der Waals surface area contributed by atoms with Crippen molar-refractivity contribution in [2.75, 3.05) is 18.5 Å². The van der Waals surface area contributed by atoms with E-state index in [0.717, 1.165) is 30.5 Å². The van der Waals surface area contributed by atoms with Gasteiger partial charge < -0.3 is 10.2 Å². The fourth-order valence-electron chi connectivity index (χ4n) is 2.30. The van der Waals surface area contributed by atoms with Crippen LogP contribution in [-0.4, -0.2) is 18.6 Å². The Morgan fingerprint density at radius 3 is 2.76 bits per heavy atom. The molecule has 3 nitrogen and oxygen atoms in total. The number of hydrogen-bond acceptors (Lipinski definition) is 3. The van der Waals surface area contributed by atoms with Crippen molar-refractivity contribution in [1.82, 2.24) is 10.3 Å². The van der Waals surface area contributed by atoms with Gasteiger partial charge >= 0.3 is 0 Å². The largest absolute Gasteiger partial charge is 0.370 e. The Hall–Kier alpha value is -1.39. The van der Waals surface area contributed by atoms with Gasteiger partial charge in [-0.15, -0.1) is 0 Å². The molecule has 0 fully saturated rings. The maximum absolute atomic E-state index is 4.26. The van der Waals surface area contributed by atoms with Gasteiger partial charge in [0.1, 0.15) is 0 Å². The molecule has 0 saturated heterocycles. The minimum absolute atomic E-state index is 0.858. The molecule has 0 unspecified atom stereocenters. The molecule has 1 N–H and O–H groups in total. The lowest BCUT2D eigenvalue weighted by molar-refractivity contribution is 0.672. The molecule has 0 spiro atoms. The zero-order valence-corrected chi connectivity index (χ0v) is 14.2. The quantitative estimate of drug-likeness (QED) is 0.767. The van der Waals surface area contributed by atoms with Crippen LogP contribution in [0.5, 0.6) is 0 Å². The van der Waals surface area contributed by atoms with E-state index in [1.54, 1.807) is 0 Å². The Morgan fingerprint density at radius 2 is 2.00 bits per heavy atom. The molecule has 1 aromatic carbocycles. The molecule has 0 aliphatic heterocycles. The van der Waals surface area contributed by atoms with Gasteiger partial charge in [0.2, 0.25) is 0 Å². The Bertz CT molecular complexity index is 571. The predicted octanol–water partition coefficient (Wildman–Crippen LogP) is 3.98. The average molecular weight is 348 g/mol. The molecule has 1 heterocycles. The third kappa shape index (κ3) is 4.55. The van der Waals surface area contributed by atoms with Crippen LogP contribution in [0.15, 0.2) is 47.2 Å². The molecule has 2 aromatic rings. The van der Waals surface area contributed by atoms with Gasteiger partial charge in [-0.05, 0) is 30.7 Å². The van der Waals surface area contributed by atoms with Crippen LogP contribution >= 0.6 is 15.9 Å². The molecule has 1 aromatic heterocycles. The average Bonchev–Trinajstić information content (AvgIpc) is 2.50. The molecule has 0 atom stereocenters. The van der Waals surface area contributed by atoms with Gasteiger partial charge in [-0.3, -0.25) is 4.98 Å². The molecule has 0 aliphatic rings. The van der Waals surface area contributed by atoms with Crippen LogP contribution in [-0.2, 0) is 13.1 Å². The van der Waals surface area contributed by atoms with E-state index in [1.165, 1.54) is 16.8 Å². The van der Waals surface area contributed by atoms with E-state index in [4.69, 9.17) is 0 Å². The highest BCUT2D eigenvalue weighted by Crippen LogP contribution is 2.23. The van der Waals surface area contributed by atoms with E-state index < -0.39 is 0 Å². The first-order valence-electron chi connectivity index (χ1n) is 7.30. The molecule has 0 amide bonds. The van der Waals surface area contributed by atoms with Gasteiger partial charge in [0.05, 0.1) is 0 Å². The van der Waals surface area contributed by atoms with Crippen molar-refractivity contribution in [3.63, 3.8) is 0 Å². The van der Waals surface area contributed by atoms with E-state index >= 15 is 0 Å². The number of halogens is 1. The summed E-state index contributed by atoms with van der Waals surface area (Å²) in [5.74, 6) is 0. The second-order valence-corrected chi connectivity index (χ2v) is 5.98. The van der Waals surface area contributed by atoms with Crippen LogP contribution < -0.4 is 10.2 Å². The zero-order valence-electron chi connectivity index (χ0n) is 12.6. The Morgan fingerprint density at radius 1 is 1.19 bits per heavy atom. The van der Waals surface area contributed by atoms with Gasteiger partial charge in [-0.25, -0.2) is 0 Å². The fourth-order valence-corrected chi connectivity index (χ4v) is 2.71. The van der Waals surface area contributed by atoms with Crippen molar-refractivity contribution in [1.29, 1.82) is 0 Å². The van der Waals surface area contributed by atoms with Crippen molar-refractivity contribution >= 4 is 21.6 Å². The molecule has 0 bridgehead atoms. The summed E-state index contributed by atoms with van der Waals surface area (Å²) in [6.45, 7) is 4.93. The maximum Gasteiger partial charge on any atom is 0.0443 e. The molecule has 4 heteroatoms. The predicted molar refractivity (Wildman–Crippen MR) is 92.5 cm³/mol. The topological polar surface area (TPSA) is 28.2 Å².